The van der Waals surface area contributed by atoms with Crippen LogP contribution in [-0.4, -0.2) is 112 Å². The number of nitrogens with zero attached hydrogens (tertiary/aromatic N) is 4. The summed E-state index contributed by atoms with van der Waals surface area (Å²) in [6.07, 6.45) is 4.89. The highest BCUT2D eigenvalue weighted by Gasteiger charge is 2.58. The van der Waals surface area contributed by atoms with Gasteiger partial charge in [-0.05, 0) is 83.2 Å². The zero-order valence-electron chi connectivity index (χ0n) is 28.4. The van der Waals surface area contributed by atoms with Gasteiger partial charge < -0.3 is 25.9 Å². The minimum atomic E-state index is -1.29. The van der Waals surface area contributed by atoms with Crippen molar-refractivity contribution in [3.8, 4) is 0 Å². The van der Waals surface area contributed by atoms with Crippen LogP contribution < -0.4 is 26.9 Å². The second kappa shape index (κ2) is 13.1. The predicted octanol–water partition coefficient (Wildman–Crippen LogP) is 2.56. The molecule has 1 saturated carbocycles. The molecule has 0 radical (unpaired) electrons. The summed E-state index contributed by atoms with van der Waals surface area (Å²) in [5, 5.41) is 12.8. The number of hydrazine groups is 2. The number of nitrogens with one attached hydrogen (secondary N) is 5. The van der Waals surface area contributed by atoms with Crippen LogP contribution in [0.1, 0.15) is 72.6 Å². The van der Waals surface area contributed by atoms with Crippen LogP contribution in [0.2, 0.25) is 0 Å². The number of urea groups is 1. The molecule has 13 heteroatoms. The van der Waals surface area contributed by atoms with Crippen molar-refractivity contribution in [1.82, 2.24) is 46.6 Å². The fraction of sp³-hybridized carbons (Fsp3) is 0.824. The molecule has 47 heavy (non-hydrogen) atoms. The average Bonchev–Trinajstić information content (AvgIpc) is 3.53. The van der Waals surface area contributed by atoms with E-state index < -0.39 is 36.6 Å². The molecular weight excluding hydrogens is 604 g/mol. The number of piperidine rings is 2. The Bertz CT molecular complexity index is 1240. The summed E-state index contributed by atoms with van der Waals surface area (Å²) in [4.78, 5) is 33.4. The van der Waals surface area contributed by atoms with E-state index in [9.17, 15) is 9.59 Å². The summed E-state index contributed by atoms with van der Waals surface area (Å²) in [5.41, 5.74) is 7.66. The van der Waals surface area contributed by atoms with Gasteiger partial charge in [0.1, 0.15) is 12.3 Å². The highest BCUT2D eigenvalue weighted by atomic mass is 19.1. The Balaban J connectivity index is 1.29. The second-order valence-corrected chi connectivity index (χ2v) is 15.6. The molecule has 5 N–H and O–H groups in total. The summed E-state index contributed by atoms with van der Waals surface area (Å²) < 4.78 is 33.0. The number of alkyl halides is 2. The summed E-state index contributed by atoms with van der Waals surface area (Å²) in [6.45, 7) is 14.1. The van der Waals surface area contributed by atoms with Gasteiger partial charge in [0.05, 0.1) is 24.4 Å². The molecule has 7 aliphatic rings. The summed E-state index contributed by atoms with van der Waals surface area (Å²) in [5.74, 6) is -0.452. The van der Waals surface area contributed by atoms with E-state index >= 15 is 8.78 Å². The van der Waals surface area contributed by atoms with Crippen LogP contribution in [0.25, 0.3) is 0 Å². The number of rotatable bonds is 3. The van der Waals surface area contributed by atoms with Crippen molar-refractivity contribution in [1.29, 1.82) is 0 Å². The molecule has 0 aromatic rings. The first-order chi connectivity index (χ1) is 22.6. The third-order valence-electron chi connectivity index (χ3n) is 12.5. The molecule has 262 valence electrons. The maximum Gasteiger partial charge on any atom is 0.320 e. The zero-order valence-corrected chi connectivity index (χ0v) is 28.4. The fourth-order valence-corrected chi connectivity index (χ4v) is 10.3. The third kappa shape index (κ3) is 5.82. The highest BCUT2D eigenvalue weighted by molar-refractivity contribution is 5.87. The van der Waals surface area contributed by atoms with Crippen LogP contribution in [0.3, 0.4) is 0 Å². The minimum absolute atomic E-state index is 0.0579. The quantitative estimate of drug-likeness (QED) is 0.295. The molecule has 3 amide bonds. The van der Waals surface area contributed by atoms with E-state index in [1.807, 2.05) is 21.7 Å². The standard InChI is InChI=1S/C34H55F2N9O2/c1-6-27(46)42-15-20(5)43(16-19(42)4)32-23-14-25(36)30-28-24(35)8-7-9-26(28)44-17-22(40-41-44)11-10-21-12-13-37-29(18(2)3)31(21)45(33(23)38-30)34(47)39-32/h6,17-21,23-26,28-33,37-38,40-41H,1,7-16H2,2-5H3,(H,39,47)/t19-,20+,21?,23?,24?,25?,26?,28?,29?,30?,31?,32?,33?/m1/s1. The van der Waals surface area contributed by atoms with E-state index in [2.05, 4.69) is 65.4 Å². The molecular formula is C34H55F2N9O2. The number of allylic oxidation sites excluding steroid dienone is 1. The lowest BCUT2D eigenvalue weighted by Gasteiger charge is -2.60. The lowest BCUT2D eigenvalue weighted by molar-refractivity contribution is -0.137. The first-order valence-electron chi connectivity index (χ1n) is 18.1. The van der Waals surface area contributed by atoms with Gasteiger partial charge in [-0.2, -0.15) is 0 Å². The monoisotopic (exact) mass is 659 g/mol. The van der Waals surface area contributed by atoms with Crippen LogP contribution in [0.5, 0.6) is 0 Å². The largest absolute Gasteiger partial charge is 0.334 e. The Morgan fingerprint density at radius 2 is 1.87 bits per heavy atom. The number of hydrogen-bond donors (Lipinski definition) is 5. The Labute approximate surface area is 278 Å². The van der Waals surface area contributed by atoms with Crippen LogP contribution in [0.15, 0.2) is 24.6 Å². The number of halogens is 2. The number of hydrogen-bond acceptors (Lipinski definition) is 8. The lowest BCUT2D eigenvalue weighted by atomic mass is 9.71. The fourth-order valence-electron chi connectivity index (χ4n) is 10.3. The molecule has 7 rings (SSSR count). The van der Waals surface area contributed by atoms with Gasteiger partial charge in [0, 0.05) is 61.0 Å². The van der Waals surface area contributed by atoms with Gasteiger partial charge in [-0.3, -0.25) is 20.0 Å². The first kappa shape index (κ1) is 33.0. The summed E-state index contributed by atoms with van der Waals surface area (Å²) in [7, 11) is 0. The van der Waals surface area contributed by atoms with Crippen molar-refractivity contribution in [2.75, 3.05) is 19.6 Å². The number of amides is 3. The molecule has 0 spiro atoms. The smallest absolute Gasteiger partial charge is 0.320 e. The molecule has 6 heterocycles. The van der Waals surface area contributed by atoms with Crippen molar-refractivity contribution in [2.24, 2.45) is 23.7 Å². The number of carbonyl (C=O) groups is 2. The van der Waals surface area contributed by atoms with E-state index in [4.69, 9.17) is 0 Å². The van der Waals surface area contributed by atoms with Crippen molar-refractivity contribution < 1.29 is 18.4 Å². The lowest BCUT2D eigenvalue weighted by Crippen LogP contribution is -2.80. The molecule has 13 atom stereocenters. The first-order valence-corrected chi connectivity index (χ1v) is 18.1. The van der Waals surface area contributed by atoms with Crippen LogP contribution in [-0.2, 0) is 4.79 Å². The maximum absolute atomic E-state index is 16.9. The Kier molecular flexibility index (Phi) is 9.20. The van der Waals surface area contributed by atoms with Gasteiger partial charge in [-0.25, -0.2) is 13.6 Å². The van der Waals surface area contributed by atoms with Gasteiger partial charge in [0.15, 0.2) is 0 Å². The Morgan fingerprint density at radius 3 is 2.64 bits per heavy atom. The van der Waals surface area contributed by atoms with Gasteiger partial charge in [0.2, 0.25) is 5.91 Å². The minimum Gasteiger partial charge on any atom is -0.334 e. The molecule has 1 aliphatic carbocycles. The topological polar surface area (TPSA) is 107 Å². The molecule has 11 nitrogen and oxygen atoms in total. The molecule has 4 saturated heterocycles. The van der Waals surface area contributed by atoms with Crippen molar-refractivity contribution >= 4 is 11.9 Å². The van der Waals surface area contributed by atoms with Crippen LogP contribution >= 0.6 is 0 Å². The third-order valence-corrected chi connectivity index (χ3v) is 12.5. The van der Waals surface area contributed by atoms with E-state index in [1.165, 1.54) is 6.08 Å². The van der Waals surface area contributed by atoms with Crippen molar-refractivity contribution in [2.45, 2.75) is 134 Å². The van der Waals surface area contributed by atoms with Crippen molar-refractivity contribution in [3.05, 3.63) is 24.6 Å². The molecule has 4 bridgehead atoms. The number of piperazine rings is 1. The van der Waals surface area contributed by atoms with Gasteiger partial charge in [-0.1, -0.05) is 20.4 Å². The van der Waals surface area contributed by atoms with E-state index in [0.717, 1.165) is 44.3 Å². The van der Waals surface area contributed by atoms with E-state index in [1.54, 1.807) is 0 Å². The van der Waals surface area contributed by atoms with E-state index in [-0.39, 0.29) is 66.3 Å². The van der Waals surface area contributed by atoms with Gasteiger partial charge in [0.25, 0.3) is 0 Å². The van der Waals surface area contributed by atoms with Crippen molar-refractivity contribution in [3.63, 3.8) is 0 Å². The summed E-state index contributed by atoms with van der Waals surface area (Å²) >= 11 is 0. The zero-order chi connectivity index (χ0) is 33.1. The molecule has 0 aromatic heterocycles. The second-order valence-electron chi connectivity index (χ2n) is 15.6. The number of carbonyl (C=O) groups excluding carboxylic acids is 2. The average molecular weight is 660 g/mol. The number of fused-ring (bicyclic) bond motifs is 7. The highest BCUT2D eigenvalue weighted by Crippen LogP contribution is 2.44. The Morgan fingerprint density at radius 1 is 1.06 bits per heavy atom. The van der Waals surface area contributed by atoms with Crippen LogP contribution in [0, 0.1) is 23.7 Å². The summed E-state index contributed by atoms with van der Waals surface area (Å²) in [6, 6.07) is -1.31. The van der Waals surface area contributed by atoms with Gasteiger partial charge >= 0.3 is 6.03 Å². The SMILES string of the molecule is C=CC(=O)N1C[C@H](C)N(C2NC(=O)N3C4NC(C(F)CC42)C2C(F)CCCC2N2C=C(CCC4CCNC(C(C)C)C43)NN2)C[C@H]1C. The molecule has 0 aromatic carbocycles. The van der Waals surface area contributed by atoms with E-state index in [0.29, 0.717) is 19.5 Å². The molecule has 11 unspecified atom stereocenters. The predicted molar refractivity (Wildman–Crippen MR) is 175 cm³/mol. The van der Waals surface area contributed by atoms with Crippen LogP contribution in [0.4, 0.5) is 13.6 Å². The maximum atomic E-state index is 16.9. The Hall–Kier alpha value is -2.48. The normalized spacial score (nSPS) is 44.1. The van der Waals surface area contributed by atoms with Gasteiger partial charge in [-0.15, -0.1) is 5.53 Å². The molecule has 6 aliphatic heterocycles. The molecule has 5 fully saturated rings.